The van der Waals surface area contributed by atoms with Gasteiger partial charge in [0, 0.05) is 25.6 Å². The fourth-order valence-corrected chi connectivity index (χ4v) is 2.22. The molecule has 0 aliphatic carbocycles. The number of aryl methyl sites for hydroxylation is 1. The molecule has 1 aliphatic rings. The summed E-state index contributed by atoms with van der Waals surface area (Å²) in [4.78, 5) is 0. The van der Waals surface area contributed by atoms with Crippen molar-refractivity contribution < 1.29 is 4.74 Å². The molecule has 0 bridgehead atoms. The highest BCUT2D eigenvalue weighted by atomic mass is 16.5. The highest BCUT2D eigenvalue weighted by Gasteiger charge is 2.25. The standard InChI is InChI=1S/C11H20N4O/c1-3-5-15-11(9-4-6-16-8-9)10(7-12-2)13-14-15/h9,12H,3-8H2,1-2H3. The summed E-state index contributed by atoms with van der Waals surface area (Å²) in [6.45, 7) is 5.57. The minimum absolute atomic E-state index is 0.477. The van der Waals surface area contributed by atoms with Crippen molar-refractivity contribution in [3.05, 3.63) is 11.4 Å². The lowest BCUT2D eigenvalue weighted by Crippen LogP contribution is -2.14. The number of aromatic nitrogens is 3. The Labute approximate surface area is 96.2 Å². The molecule has 1 unspecified atom stereocenters. The first-order chi connectivity index (χ1) is 7.86. The Morgan fingerprint density at radius 2 is 2.44 bits per heavy atom. The SMILES string of the molecule is CCCn1nnc(CNC)c1C1CCOC1. The van der Waals surface area contributed by atoms with Gasteiger partial charge in [0.05, 0.1) is 12.3 Å². The van der Waals surface area contributed by atoms with Crippen molar-refractivity contribution >= 4 is 0 Å². The third-order valence-corrected chi connectivity index (χ3v) is 2.94. The second kappa shape index (κ2) is 5.41. The van der Waals surface area contributed by atoms with Crippen molar-refractivity contribution in [3.63, 3.8) is 0 Å². The first-order valence-corrected chi connectivity index (χ1v) is 6.01. The second-order valence-corrected chi connectivity index (χ2v) is 4.24. The molecule has 0 spiro atoms. The normalized spacial score (nSPS) is 20.5. The predicted molar refractivity (Wildman–Crippen MR) is 61.3 cm³/mol. The second-order valence-electron chi connectivity index (χ2n) is 4.24. The van der Waals surface area contributed by atoms with Crippen molar-refractivity contribution in [1.29, 1.82) is 0 Å². The molecule has 2 heterocycles. The third kappa shape index (κ3) is 2.25. The number of nitrogens with one attached hydrogen (secondary N) is 1. The third-order valence-electron chi connectivity index (χ3n) is 2.94. The van der Waals surface area contributed by atoms with Crippen LogP contribution in [0.5, 0.6) is 0 Å². The largest absolute Gasteiger partial charge is 0.381 e. The lowest BCUT2D eigenvalue weighted by atomic mass is 10.0. The summed E-state index contributed by atoms with van der Waals surface area (Å²) in [7, 11) is 1.94. The van der Waals surface area contributed by atoms with Crippen LogP contribution in [0.15, 0.2) is 0 Å². The summed E-state index contributed by atoms with van der Waals surface area (Å²) in [5, 5.41) is 11.7. The molecular formula is C11H20N4O. The highest BCUT2D eigenvalue weighted by Crippen LogP contribution is 2.27. The molecule has 1 aromatic rings. The lowest BCUT2D eigenvalue weighted by Gasteiger charge is -2.12. The highest BCUT2D eigenvalue weighted by molar-refractivity contribution is 5.17. The van der Waals surface area contributed by atoms with Crippen LogP contribution in [0.25, 0.3) is 0 Å². The van der Waals surface area contributed by atoms with E-state index in [2.05, 4.69) is 22.6 Å². The average molecular weight is 224 g/mol. The average Bonchev–Trinajstić information content (AvgIpc) is 2.88. The van der Waals surface area contributed by atoms with Gasteiger partial charge in [-0.3, -0.25) is 0 Å². The zero-order valence-electron chi connectivity index (χ0n) is 10.1. The predicted octanol–water partition coefficient (Wildman–Crippen LogP) is 0.911. The van der Waals surface area contributed by atoms with Crippen LogP contribution in [0.4, 0.5) is 0 Å². The Morgan fingerprint density at radius 1 is 1.56 bits per heavy atom. The van der Waals surface area contributed by atoms with Gasteiger partial charge in [0.1, 0.15) is 5.69 Å². The van der Waals surface area contributed by atoms with E-state index in [1.54, 1.807) is 0 Å². The Bertz CT molecular complexity index is 307. The van der Waals surface area contributed by atoms with Crippen LogP contribution in [0.3, 0.4) is 0 Å². The molecule has 0 aromatic carbocycles. The van der Waals surface area contributed by atoms with E-state index >= 15 is 0 Å². The summed E-state index contributed by atoms with van der Waals surface area (Å²) in [6, 6.07) is 0. The number of nitrogens with zero attached hydrogens (tertiary/aromatic N) is 3. The van der Waals surface area contributed by atoms with E-state index < -0.39 is 0 Å². The molecular weight excluding hydrogens is 204 g/mol. The maximum atomic E-state index is 5.46. The van der Waals surface area contributed by atoms with Gasteiger partial charge in [-0.25, -0.2) is 4.68 Å². The van der Waals surface area contributed by atoms with Gasteiger partial charge in [0.2, 0.25) is 0 Å². The van der Waals surface area contributed by atoms with Gasteiger partial charge in [-0.2, -0.15) is 0 Å². The van der Waals surface area contributed by atoms with Crippen molar-refractivity contribution in [2.24, 2.45) is 0 Å². The Balaban J connectivity index is 2.24. The molecule has 90 valence electrons. The van der Waals surface area contributed by atoms with Gasteiger partial charge in [0.25, 0.3) is 0 Å². The zero-order valence-corrected chi connectivity index (χ0v) is 10.1. The van der Waals surface area contributed by atoms with Gasteiger partial charge < -0.3 is 10.1 Å². The molecule has 16 heavy (non-hydrogen) atoms. The molecule has 0 saturated carbocycles. The summed E-state index contributed by atoms with van der Waals surface area (Å²) >= 11 is 0. The number of ether oxygens (including phenoxy) is 1. The van der Waals surface area contributed by atoms with E-state index in [0.717, 1.165) is 44.8 Å². The van der Waals surface area contributed by atoms with Crippen molar-refractivity contribution in [2.45, 2.75) is 38.8 Å². The van der Waals surface area contributed by atoms with E-state index in [1.807, 2.05) is 11.7 Å². The molecule has 5 nitrogen and oxygen atoms in total. The van der Waals surface area contributed by atoms with Gasteiger partial charge in [-0.15, -0.1) is 5.10 Å². The fourth-order valence-electron chi connectivity index (χ4n) is 2.22. The van der Waals surface area contributed by atoms with Gasteiger partial charge in [-0.05, 0) is 19.9 Å². The Morgan fingerprint density at radius 3 is 3.06 bits per heavy atom. The molecule has 1 aliphatic heterocycles. The molecule has 5 heteroatoms. The quantitative estimate of drug-likeness (QED) is 0.807. The smallest absolute Gasteiger partial charge is 0.100 e. The Kier molecular flexibility index (Phi) is 3.90. The molecule has 1 aromatic heterocycles. The topological polar surface area (TPSA) is 52.0 Å². The van der Waals surface area contributed by atoms with Crippen LogP contribution in [0.1, 0.15) is 37.1 Å². The summed E-state index contributed by atoms with van der Waals surface area (Å²) in [5.74, 6) is 0.477. The maximum absolute atomic E-state index is 5.46. The van der Waals surface area contributed by atoms with E-state index in [9.17, 15) is 0 Å². The number of rotatable bonds is 5. The first-order valence-electron chi connectivity index (χ1n) is 6.01. The van der Waals surface area contributed by atoms with E-state index in [1.165, 1.54) is 5.69 Å². The summed E-state index contributed by atoms with van der Waals surface area (Å²) in [6.07, 6.45) is 2.18. The zero-order chi connectivity index (χ0) is 11.4. The van der Waals surface area contributed by atoms with Crippen molar-refractivity contribution in [1.82, 2.24) is 20.3 Å². The van der Waals surface area contributed by atoms with Crippen LogP contribution >= 0.6 is 0 Å². The van der Waals surface area contributed by atoms with E-state index in [4.69, 9.17) is 4.74 Å². The number of hydrogen-bond acceptors (Lipinski definition) is 4. The van der Waals surface area contributed by atoms with Crippen molar-refractivity contribution in [3.8, 4) is 0 Å². The maximum Gasteiger partial charge on any atom is 0.100 e. The summed E-state index contributed by atoms with van der Waals surface area (Å²) in [5.41, 5.74) is 2.35. The van der Waals surface area contributed by atoms with Gasteiger partial charge >= 0.3 is 0 Å². The molecule has 1 saturated heterocycles. The van der Waals surface area contributed by atoms with Crippen molar-refractivity contribution in [2.75, 3.05) is 20.3 Å². The minimum atomic E-state index is 0.477. The van der Waals surface area contributed by atoms with E-state index in [0.29, 0.717) is 5.92 Å². The molecule has 1 fully saturated rings. The van der Waals surface area contributed by atoms with Crippen LogP contribution in [-0.2, 0) is 17.8 Å². The molecule has 2 rings (SSSR count). The molecule has 0 radical (unpaired) electrons. The van der Waals surface area contributed by atoms with Crippen LogP contribution in [0.2, 0.25) is 0 Å². The van der Waals surface area contributed by atoms with Gasteiger partial charge in [0.15, 0.2) is 0 Å². The summed E-state index contributed by atoms with van der Waals surface area (Å²) < 4.78 is 7.51. The minimum Gasteiger partial charge on any atom is -0.381 e. The van der Waals surface area contributed by atoms with E-state index in [-0.39, 0.29) is 0 Å². The molecule has 1 N–H and O–H groups in total. The fraction of sp³-hybridized carbons (Fsp3) is 0.818. The Hall–Kier alpha value is -0.940. The van der Waals surface area contributed by atoms with Gasteiger partial charge in [-0.1, -0.05) is 12.1 Å². The first kappa shape index (κ1) is 11.5. The number of hydrogen-bond donors (Lipinski definition) is 1. The lowest BCUT2D eigenvalue weighted by molar-refractivity contribution is 0.193. The van der Waals surface area contributed by atoms with Crippen LogP contribution in [0, 0.1) is 0 Å². The van der Waals surface area contributed by atoms with Crippen LogP contribution < -0.4 is 5.32 Å². The molecule has 0 amide bonds. The monoisotopic (exact) mass is 224 g/mol. The van der Waals surface area contributed by atoms with Crippen LogP contribution in [-0.4, -0.2) is 35.3 Å². The molecule has 1 atom stereocenters.